The van der Waals surface area contributed by atoms with Crippen LogP contribution in [-0.4, -0.2) is 32.4 Å². The fraction of sp³-hybridized carbons (Fsp3) is 0.333. The van der Waals surface area contributed by atoms with E-state index in [0.717, 1.165) is 25.7 Å². The summed E-state index contributed by atoms with van der Waals surface area (Å²) in [4.78, 5) is 24.9. The van der Waals surface area contributed by atoms with E-state index in [9.17, 15) is 18.0 Å². The van der Waals surface area contributed by atoms with Crippen LogP contribution in [0.2, 0.25) is 5.02 Å². The third kappa shape index (κ3) is 5.52. The molecule has 2 aromatic rings. The summed E-state index contributed by atoms with van der Waals surface area (Å²) in [6.07, 6.45) is 2.98. The van der Waals surface area contributed by atoms with E-state index in [1.807, 2.05) is 0 Å². The number of nitrogens with one attached hydrogen (secondary N) is 2. The van der Waals surface area contributed by atoms with Crippen molar-refractivity contribution in [1.82, 2.24) is 5.32 Å². The van der Waals surface area contributed by atoms with Gasteiger partial charge in [0, 0.05) is 11.1 Å². The Labute approximate surface area is 180 Å². The van der Waals surface area contributed by atoms with E-state index < -0.39 is 22.1 Å². The van der Waals surface area contributed by atoms with E-state index in [0.29, 0.717) is 5.02 Å². The van der Waals surface area contributed by atoms with E-state index >= 15 is 0 Å². The monoisotopic (exact) mass is 450 g/mol. The molecule has 9 heteroatoms. The van der Waals surface area contributed by atoms with Crippen LogP contribution < -0.4 is 10.0 Å². The van der Waals surface area contributed by atoms with Crippen molar-refractivity contribution >= 4 is 39.2 Å². The summed E-state index contributed by atoms with van der Waals surface area (Å²) >= 11 is 5.81. The van der Waals surface area contributed by atoms with Crippen LogP contribution in [0.1, 0.15) is 43.0 Å². The number of anilines is 1. The van der Waals surface area contributed by atoms with Crippen LogP contribution in [0.3, 0.4) is 0 Å². The molecule has 0 saturated heterocycles. The van der Waals surface area contributed by atoms with Gasteiger partial charge in [-0.1, -0.05) is 36.6 Å². The van der Waals surface area contributed by atoms with Crippen molar-refractivity contribution in [2.45, 2.75) is 49.6 Å². The molecule has 0 heterocycles. The van der Waals surface area contributed by atoms with E-state index in [4.69, 9.17) is 16.3 Å². The number of hydrogen-bond donors (Lipinski definition) is 2. The van der Waals surface area contributed by atoms with Crippen LogP contribution in [0.5, 0.6) is 0 Å². The lowest BCUT2D eigenvalue weighted by Crippen LogP contribution is -2.40. The van der Waals surface area contributed by atoms with Gasteiger partial charge in [0.2, 0.25) is 0 Å². The minimum atomic E-state index is -3.94. The molecule has 0 bridgehead atoms. The Morgan fingerprint density at radius 2 is 1.70 bits per heavy atom. The van der Waals surface area contributed by atoms with Gasteiger partial charge in [0.05, 0.1) is 16.1 Å². The lowest BCUT2D eigenvalue weighted by Gasteiger charge is -2.18. The summed E-state index contributed by atoms with van der Waals surface area (Å²) in [5.41, 5.74) is 0.0661. The van der Waals surface area contributed by atoms with Gasteiger partial charge in [-0.25, -0.2) is 13.2 Å². The largest absolute Gasteiger partial charge is 0.449 e. The lowest BCUT2D eigenvalue weighted by molar-refractivity contribution is -0.129. The third-order valence-corrected chi connectivity index (χ3v) is 6.50. The van der Waals surface area contributed by atoms with Crippen LogP contribution in [0.4, 0.5) is 5.69 Å². The maximum atomic E-state index is 12.6. The van der Waals surface area contributed by atoms with Gasteiger partial charge in [-0.15, -0.1) is 0 Å². The number of amides is 1. The van der Waals surface area contributed by atoms with Crippen molar-refractivity contribution in [3.8, 4) is 0 Å². The van der Waals surface area contributed by atoms with Gasteiger partial charge in [0.25, 0.3) is 15.9 Å². The molecule has 1 saturated carbocycles. The number of ether oxygens (including phenoxy) is 1. The first-order valence-corrected chi connectivity index (χ1v) is 11.5. The molecule has 1 unspecified atom stereocenters. The van der Waals surface area contributed by atoms with Crippen molar-refractivity contribution in [3.05, 3.63) is 59.1 Å². The van der Waals surface area contributed by atoms with E-state index in [-0.39, 0.29) is 28.1 Å². The number of carbonyl (C=O) groups is 2. The first kappa shape index (κ1) is 22.1. The topological polar surface area (TPSA) is 102 Å². The SMILES string of the molecule is CC(OC(=O)c1ccccc1NS(=O)(=O)c1ccc(Cl)cc1)C(=O)NC1CCCC1. The molecular weight excluding hydrogens is 428 g/mol. The van der Waals surface area contributed by atoms with E-state index in [1.165, 1.54) is 43.3 Å². The molecule has 1 aliphatic carbocycles. The van der Waals surface area contributed by atoms with Gasteiger partial charge in [-0.2, -0.15) is 0 Å². The molecule has 1 fully saturated rings. The molecule has 0 spiro atoms. The minimum Gasteiger partial charge on any atom is -0.449 e. The normalized spacial score (nSPS) is 15.4. The Morgan fingerprint density at radius 3 is 2.37 bits per heavy atom. The van der Waals surface area contributed by atoms with Crippen molar-refractivity contribution in [2.24, 2.45) is 0 Å². The molecular formula is C21H23ClN2O5S. The molecule has 0 radical (unpaired) electrons. The number of rotatable bonds is 7. The second-order valence-electron chi connectivity index (χ2n) is 7.14. The predicted octanol–water partition coefficient (Wildman–Crippen LogP) is 3.74. The van der Waals surface area contributed by atoms with Crippen LogP contribution in [0.15, 0.2) is 53.4 Å². The fourth-order valence-electron chi connectivity index (χ4n) is 3.23. The Bertz CT molecular complexity index is 1020. The molecule has 0 aromatic heterocycles. The minimum absolute atomic E-state index is 0.000574. The van der Waals surface area contributed by atoms with Crippen molar-refractivity contribution in [1.29, 1.82) is 0 Å². The standard InChI is InChI=1S/C21H23ClN2O5S/c1-14(20(25)23-16-6-2-3-7-16)29-21(26)18-8-4-5-9-19(18)24-30(27,28)17-12-10-15(22)11-13-17/h4-5,8-14,16,24H,2-3,6-7H2,1H3,(H,23,25). The highest BCUT2D eigenvalue weighted by molar-refractivity contribution is 7.92. The van der Waals surface area contributed by atoms with Crippen LogP contribution >= 0.6 is 11.6 Å². The van der Waals surface area contributed by atoms with Gasteiger partial charge in [-0.05, 0) is 56.2 Å². The Balaban J connectivity index is 1.71. The Hall–Kier alpha value is -2.58. The molecule has 30 heavy (non-hydrogen) atoms. The molecule has 1 atom stereocenters. The molecule has 160 valence electrons. The second kappa shape index (κ2) is 9.49. The summed E-state index contributed by atoms with van der Waals surface area (Å²) in [5, 5.41) is 3.28. The van der Waals surface area contributed by atoms with Gasteiger partial charge >= 0.3 is 5.97 Å². The number of carbonyl (C=O) groups excluding carboxylic acids is 2. The first-order valence-electron chi connectivity index (χ1n) is 9.65. The number of benzene rings is 2. The maximum absolute atomic E-state index is 12.6. The fourth-order valence-corrected chi connectivity index (χ4v) is 4.44. The van der Waals surface area contributed by atoms with Gasteiger partial charge in [-0.3, -0.25) is 9.52 Å². The van der Waals surface area contributed by atoms with Crippen molar-refractivity contribution in [3.63, 3.8) is 0 Å². The lowest BCUT2D eigenvalue weighted by atomic mass is 10.2. The van der Waals surface area contributed by atoms with Crippen LogP contribution in [0, 0.1) is 0 Å². The maximum Gasteiger partial charge on any atom is 0.341 e. The Morgan fingerprint density at radius 1 is 1.07 bits per heavy atom. The van der Waals surface area contributed by atoms with Crippen LogP contribution in [0.25, 0.3) is 0 Å². The summed E-state index contributed by atoms with van der Waals surface area (Å²) in [6, 6.07) is 11.8. The van der Waals surface area contributed by atoms with E-state index in [2.05, 4.69) is 10.0 Å². The Kier molecular flexibility index (Phi) is 6.99. The molecule has 2 N–H and O–H groups in total. The molecule has 1 amide bonds. The highest BCUT2D eigenvalue weighted by atomic mass is 35.5. The smallest absolute Gasteiger partial charge is 0.341 e. The van der Waals surface area contributed by atoms with Gasteiger partial charge < -0.3 is 10.1 Å². The second-order valence-corrected chi connectivity index (χ2v) is 9.26. The molecule has 0 aliphatic heterocycles. The van der Waals surface area contributed by atoms with Crippen molar-refractivity contribution < 1.29 is 22.7 Å². The third-order valence-electron chi connectivity index (χ3n) is 4.87. The number of esters is 1. The zero-order valence-corrected chi connectivity index (χ0v) is 18.0. The molecule has 3 rings (SSSR count). The summed E-state index contributed by atoms with van der Waals surface area (Å²) in [5.74, 6) is -1.16. The predicted molar refractivity (Wildman–Crippen MR) is 114 cm³/mol. The summed E-state index contributed by atoms with van der Waals surface area (Å²) < 4.78 is 33.0. The van der Waals surface area contributed by atoms with Gasteiger partial charge in [0.1, 0.15) is 0 Å². The zero-order valence-electron chi connectivity index (χ0n) is 16.4. The number of para-hydroxylation sites is 1. The van der Waals surface area contributed by atoms with Crippen molar-refractivity contribution in [2.75, 3.05) is 4.72 Å². The van der Waals surface area contributed by atoms with Crippen LogP contribution in [-0.2, 0) is 19.6 Å². The number of sulfonamides is 1. The van der Waals surface area contributed by atoms with E-state index in [1.54, 1.807) is 12.1 Å². The summed E-state index contributed by atoms with van der Waals surface area (Å²) in [6.45, 7) is 1.49. The zero-order chi connectivity index (χ0) is 21.7. The molecule has 7 nitrogen and oxygen atoms in total. The average molecular weight is 451 g/mol. The summed E-state index contributed by atoms with van der Waals surface area (Å²) in [7, 11) is -3.94. The quantitative estimate of drug-likeness (QED) is 0.625. The number of hydrogen-bond acceptors (Lipinski definition) is 5. The average Bonchev–Trinajstić information content (AvgIpc) is 3.21. The highest BCUT2D eigenvalue weighted by Gasteiger charge is 2.25. The van der Waals surface area contributed by atoms with Gasteiger partial charge in [0.15, 0.2) is 6.10 Å². The molecule has 1 aliphatic rings. The molecule has 2 aromatic carbocycles. The number of halogens is 1. The first-order chi connectivity index (χ1) is 14.3. The highest BCUT2D eigenvalue weighted by Crippen LogP contribution is 2.23.